The van der Waals surface area contributed by atoms with Gasteiger partial charge in [0.15, 0.2) is 0 Å². The van der Waals surface area contributed by atoms with E-state index in [4.69, 9.17) is 0 Å². The van der Waals surface area contributed by atoms with E-state index in [0.717, 1.165) is 12.3 Å². The van der Waals surface area contributed by atoms with Gasteiger partial charge in [0.2, 0.25) is 15.9 Å². The van der Waals surface area contributed by atoms with E-state index in [1.807, 2.05) is 0 Å². The average molecular weight is 483 g/mol. The number of sulfonamides is 1. The van der Waals surface area contributed by atoms with Crippen molar-refractivity contribution in [3.8, 4) is 0 Å². The number of hydrogen-bond acceptors (Lipinski definition) is 3. The van der Waals surface area contributed by atoms with Crippen molar-refractivity contribution in [3.63, 3.8) is 0 Å². The fourth-order valence-electron chi connectivity index (χ4n) is 4.17. The number of carbonyl (C=O) groups is 1. The van der Waals surface area contributed by atoms with E-state index in [2.05, 4.69) is 10.0 Å². The molecule has 0 saturated heterocycles. The second kappa shape index (κ2) is 8.34. The number of nitrogens with one attached hydrogen (secondary N) is 2. The maximum absolute atomic E-state index is 14.7. The number of hydrogen-bond donors (Lipinski definition) is 2. The Balaban J connectivity index is 1.73. The van der Waals surface area contributed by atoms with Crippen LogP contribution in [0.4, 0.5) is 18.9 Å². The van der Waals surface area contributed by atoms with Gasteiger partial charge >= 0.3 is 0 Å². The Morgan fingerprint density at radius 3 is 2.15 bits per heavy atom. The molecule has 1 amide bonds. The molecule has 2 aromatic rings. The molecule has 1 saturated carbocycles. The Morgan fingerprint density at radius 2 is 1.67 bits per heavy atom. The Labute approximate surface area is 192 Å². The van der Waals surface area contributed by atoms with Crippen molar-refractivity contribution < 1.29 is 26.4 Å². The lowest BCUT2D eigenvalue weighted by molar-refractivity contribution is -0.123. The summed E-state index contributed by atoms with van der Waals surface area (Å²) in [4.78, 5) is 12.8. The zero-order valence-electron chi connectivity index (χ0n) is 19.5. The minimum atomic E-state index is -3.62. The van der Waals surface area contributed by atoms with Crippen LogP contribution in [0.2, 0.25) is 0 Å². The van der Waals surface area contributed by atoms with Gasteiger partial charge in [0.25, 0.3) is 0 Å². The van der Waals surface area contributed by atoms with Crippen molar-refractivity contribution in [2.75, 3.05) is 11.0 Å². The summed E-state index contributed by atoms with van der Waals surface area (Å²) < 4.78 is 68.3. The molecule has 180 valence electrons. The van der Waals surface area contributed by atoms with Gasteiger partial charge in [-0.1, -0.05) is 33.8 Å². The SMILES string of the molecule is C[C@@H](NC(=O)C1CC1(C)c1cc(F)c(C(C)(C)C)c(F)c1)c1ccc(NS(C)(=O)=O)c(F)c1. The summed E-state index contributed by atoms with van der Waals surface area (Å²) in [6, 6.07) is 6.02. The quantitative estimate of drug-likeness (QED) is 0.613. The molecule has 9 heteroatoms. The molecule has 33 heavy (non-hydrogen) atoms. The molecular weight excluding hydrogens is 453 g/mol. The monoisotopic (exact) mass is 482 g/mol. The lowest BCUT2D eigenvalue weighted by Crippen LogP contribution is -2.30. The topological polar surface area (TPSA) is 75.3 Å². The van der Waals surface area contributed by atoms with E-state index >= 15 is 0 Å². The number of halogens is 3. The van der Waals surface area contributed by atoms with Crippen LogP contribution in [0.5, 0.6) is 0 Å². The number of benzene rings is 2. The molecule has 0 aromatic heterocycles. The highest BCUT2D eigenvalue weighted by atomic mass is 32.2. The molecule has 1 aliphatic carbocycles. The van der Waals surface area contributed by atoms with Crippen molar-refractivity contribution in [1.29, 1.82) is 0 Å². The van der Waals surface area contributed by atoms with E-state index < -0.39 is 50.3 Å². The summed E-state index contributed by atoms with van der Waals surface area (Å²) in [5.41, 5.74) is -0.672. The Kier molecular flexibility index (Phi) is 6.34. The standard InChI is InChI=1S/C24H29F3N2O3S/c1-13(14-7-8-20(17(25)9-14)29-33(6,31)32)28-22(30)16-12-24(16,5)15-10-18(26)21(19(27)11-15)23(2,3)4/h7-11,13,16,29H,12H2,1-6H3,(H,28,30)/t13-,16?,24?/m1/s1. The maximum atomic E-state index is 14.7. The summed E-state index contributed by atoms with van der Waals surface area (Å²) in [6.45, 7) is 8.66. The van der Waals surface area contributed by atoms with Gasteiger partial charge in [-0.3, -0.25) is 9.52 Å². The number of rotatable bonds is 6. The zero-order chi connectivity index (χ0) is 24.9. The molecule has 3 rings (SSSR count). The van der Waals surface area contributed by atoms with Crippen molar-refractivity contribution >= 4 is 21.6 Å². The summed E-state index contributed by atoms with van der Waals surface area (Å²) in [5.74, 6) is -2.80. The van der Waals surface area contributed by atoms with Crippen LogP contribution in [-0.4, -0.2) is 20.6 Å². The largest absolute Gasteiger partial charge is 0.349 e. The minimum Gasteiger partial charge on any atom is -0.349 e. The molecule has 0 aliphatic heterocycles. The molecule has 0 bridgehead atoms. The Hall–Kier alpha value is -2.55. The van der Waals surface area contributed by atoms with E-state index in [-0.39, 0.29) is 17.2 Å². The van der Waals surface area contributed by atoms with Crippen LogP contribution in [0.1, 0.15) is 63.8 Å². The van der Waals surface area contributed by atoms with Crippen molar-refractivity contribution in [2.24, 2.45) is 5.92 Å². The third-order valence-corrected chi connectivity index (χ3v) is 6.74. The summed E-state index contributed by atoms with van der Waals surface area (Å²) in [5, 5.41) is 2.81. The molecular formula is C24H29F3N2O3S. The lowest BCUT2D eigenvalue weighted by atomic mass is 9.83. The van der Waals surface area contributed by atoms with Crippen LogP contribution in [0, 0.1) is 23.4 Å². The van der Waals surface area contributed by atoms with Crippen molar-refractivity contribution in [3.05, 3.63) is 64.5 Å². The first-order valence-corrected chi connectivity index (χ1v) is 12.5. The lowest BCUT2D eigenvalue weighted by Gasteiger charge is -2.23. The van der Waals surface area contributed by atoms with Crippen LogP contribution in [0.3, 0.4) is 0 Å². The molecule has 5 nitrogen and oxygen atoms in total. The molecule has 1 fully saturated rings. The summed E-state index contributed by atoms with van der Waals surface area (Å²) in [6.07, 6.45) is 1.36. The fourth-order valence-corrected chi connectivity index (χ4v) is 4.73. The van der Waals surface area contributed by atoms with E-state index in [1.54, 1.807) is 34.6 Å². The third-order valence-electron chi connectivity index (χ3n) is 6.15. The first-order chi connectivity index (χ1) is 15.0. The number of carbonyl (C=O) groups excluding carboxylic acids is 1. The maximum Gasteiger partial charge on any atom is 0.229 e. The van der Waals surface area contributed by atoms with E-state index in [9.17, 15) is 26.4 Å². The van der Waals surface area contributed by atoms with Gasteiger partial charge in [0.05, 0.1) is 18.0 Å². The third kappa shape index (κ3) is 5.34. The number of anilines is 1. The van der Waals surface area contributed by atoms with E-state index in [0.29, 0.717) is 17.5 Å². The molecule has 0 heterocycles. The van der Waals surface area contributed by atoms with Gasteiger partial charge in [-0.25, -0.2) is 21.6 Å². The van der Waals surface area contributed by atoms with Gasteiger partial charge in [-0.2, -0.15) is 0 Å². The predicted molar refractivity (Wildman–Crippen MR) is 122 cm³/mol. The highest BCUT2D eigenvalue weighted by Gasteiger charge is 2.56. The highest BCUT2D eigenvalue weighted by Crippen LogP contribution is 2.54. The second-order valence-electron chi connectivity index (χ2n) is 10.1. The summed E-state index contributed by atoms with van der Waals surface area (Å²) in [7, 11) is -3.62. The first kappa shape index (κ1) is 25.1. The number of amides is 1. The molecule has 2 N–H and O–H groups in total. The van der Waals surface area contributed by atoms with Crippen LogP contribution >= 0.6 is 0 Å². The molecule has 2 aromatic carbocycles. The summed E-state index contributed by atoms with van der Waals surface area (Å²) >= 11 is 0. The Morgan fingerprint density at radius 1 is 1.09 bits per heavy atom. The van der Waals surface area contributed by atoms with Crippen molar-refractivity contribution in [1.82, 2.24) is 5.32 Å². The van der Waals surface area contributed by atoms with Crippen LogP contribution in [-0.2, 0) is 25.6 Å². The van der Waals surface area contributed by atoms with Crippen molar-refractivity contribution in [2.45, 2.75) is 57.9 Å². The molecule has 1 aliphatic rings. The van der Waals surface area contributed by atoms with E-state index in [1.165, 1.54) is 24.3 Å². The van der Waals surface area contributed by atoms with Crippen LogP contribution < -0.4 is 10.0 Å². The van der Waals surface area contributed by atoms with Gasteiger partial charge in [-0.15, -0.1) is 0 Å². The Bertz CT molecular complexity index is 1180. The van der Waals surface area contributed by atoms with Gasteiger partial charge < -0.3 is 5.32 Å². The molecule has 0 radical (unpaired) electrons. The minimum absolute atomic E-state index is 0.0148. The normalized spacial score (nSPS) is 21.4. The average Bonchev–Trinajstić information content (AvgIpc) is 3.34. The van der Waals surface area contributed by atoms with Gasteiger partial charge in [-0.05, 0) is 54.2 Å². The van der Waals surface area contributed by atoms with Crippen LogP contribution in [0.25, 0.3) is 0 Å². The second-order valence-corrected chi connectivity index (χ2v) is 11.8. The fraction of sp³-hybridized carbons (Fsp3) is 0.458. The first-order valence-electron chi connectivity index (χ1n) is 10.6. The zero-order valence-corrected chi connectivity index (χ0v) is 20.3. The van der Waals surface area contributed by atoms with Crippen LogP contribution in [0.15, 0.2) is 30.3 Å². The smallest absolute Gasteiger partial charge is 0.229 e. The highest BCUT2D eigenvalue weighted by molar-refractivity contribution is 7.92. The molecule has 0 spiro atoms. The van der Waals surface area contributed by atoms with Gasteiger partial charge in [0, 0.05) is 16.9 Å². The predicted octanol–water partition coefficient (Wildman–Crippen LogP) is 4.93. The molecule has 2 unspecified atom stereocenters. The van der Waals surface area contributed by atoms with Gasteiger partial charge in [0.1, 0.15) is 17.5 Å². The molecule has 3 atom stereocenters.